The molecule has 0 aliphatic heterocycles. The van der Waals surface area contributed by atoms with Crippen LogP contribution in [-0.2, 0) is 11.5 Å². The molecule has 0 aliphatic carbocycles. The van der Waals surface area contributed by atoms with Gasteiger partial charge in [0.05, 0.1) is 11.9 Å². The lowest BCUT2D eigenvalue weighted by atomic mass is 10.2. The van der Waals surface area contributed by atoms with Crippen molar-refractivity contribution in [3.8, 4) is 0 Å². The van der Waals surface area contributed by atoms with E-state index in [9.17, 15) is 0 Å². The maximum atomic E-state index is 6.27. The lowest BCUT2D eigenvalue weighted by Gasteiger charge is -2.08. The van der Waals surface area contributed by atoms with Crippen molar-refractivity contribution in [2.75, 3.05) is 0 Å². The molecule has 2 nitrogen and oxygen atoms in total. The number of hydrogen-bond acceptors (Lipinski definition) is 4. The molecule has 0 amide bonds. The van der Waals surface area contributed by atoms with Crippen molar-refractivity contribution >= 4 is 56.8 Å². The van der Waals surface area contributed by atoms with Gasteiger partial charge in [-0.1, -0.05) is 77.1 Å². The van der Waals surface area contributed by atoms with Crippen LogP contribution in [0.1, 0.15) is 11.1 Å². The zero-order chi connectivity index (χ0) is 18.2. The lowest BCUT2D eigenvalue weighted by molar-refractivity contribution is 1.31. The molecule has 0 saturated carbocycles. The summed E-state index contributed by atoms with van der Waals surface area (Å²) in [6.45, 7) is 0. The number of thioether (sulfide) groups is 2. The Morgan fingerprint density at radius 1 is 0.885 bits per heavy atom. The molecular weight excluding hydrogens is 403 g/mol. The summed E-state index contributed by atoms with van der Waals surface area (Å²) < 4.78 is 0.980. The normalized spacial score (nSPS) is 11.5. The second kappa shape index (κ2) is 10.0. The van der Waals surface area contributed by atoms with E-state index in [1.807, 2.05) is 60.7 Å². The average molecular weight is 419 g/mol. The van der Waals surface area contributed by atoms with Gasteiger partial charge in [-0.05, 0) is 41.5 Å². The number of aromatic nitrogens is 1. The van der Waals surface area contributed by atoms with E-state index in [4.69, 9.17) is 28.2 Å². The van der Waals surface area contributed by atoms with Crippen molar-refractivity contribution in [1.29, 1.82) is 0 Å². The van der Waals surface area contributed by atoms with Crippen LogP contribution in [0.4, 0.5) is 5.69 Å². The molecule has 0 bridgehead atoms. The van der Waals surface area contributed by atoms with Crippen LogP contribution >= 0.6 is 46.7 Å². The van der Waals surface area contributed by atoms with Crippen LogP contribution in [0.2, 0.25) is 10.0 Å². The molecule has 26 heavy (non-hydrogen) atoms. The predicted molar refractivity (Wildman–Crippen MR) is 117 cm³/mol. The van der Waals surface area contributed by atoms with Gasteiger partial charge in [-0.15, -0.1) is 0 Å². The molecule has 0 N–H and O–H groups in total. The summed E-state index contributed by atoms with van der Waals surface area (Å²) in [4.78, 5) is 8.88. The summed E-state index contributed by atoms with van der Waals surface area (Å²) >= 11 is 15.6. The molecule has 1 heterocycles. The summed E-state index contributed by atoms with van der Waals surface area (Å²) in [6, 6.07) is 19.6. The fourth-order valence-electron chi connectivity index (χ4n) is 2.11. The summed E-state index contributed by atoms with van der Waals surface area (Å²) in [5.74, 6) is 1.60. The van der Waals surface area contributed by atoms with Crippen LogP contribution in [0.5, 0.6) is 0 Å². The van der Waals surface area contributed by atoms with Gasteiger partial charge >= 0.3 is 0 Å². The maximum Gasteiger partial charge on any atom is 0.131 e. The Hall–Kier alpha value is -1.46. The van der Waals surface area contributed by atoms with Crippen molar-refractivity contribution in [2.24, 2.45) is 4.99 Å². The number of benzene rings is 2. The third-order valence-electron chi connectivity index (χ3n) is 3.45. The predicted octanol–water partition coefficient (Wildman–Crippen LogP) is 7.24. The number of aliphatic imine (C=N–C) groups is 1. The van der Waals surface area contributed by atoms with Crippen molar-refractivity contribution in [3.63, 3.8) is 0 Å². The lowest BCUT2D eigenvalue weighted by Crippen LogP contribution is -1.91. The van der Waals surface area contributed by atoms with E-state index in [1.54, 1.807) is 35.9 Å². The van der Waals surface area contributed by atoms with Crippen molar-refractivity contribution in [3.05, 3.63) is 94.2 Å². The topological polar surface area (TPSA) is 25.2 Å². The molecule has 3 rings (SSSR count). The molecule has 0 atom stereocenters. The maximum absolute atomic E-state index is 6.27. The quantitative estimate of drug-likeness (QED) is 0.322. The highest BCUT2D eigenvalue weighted by Gasteiger charge is 2.07. The second-order valence-corrected chi connectivity index (χ2v) is 8.41. The Kier molecular flexibility index (Phi) is 7.44. The van der Waals surface area contributed by atoms with Gasteiger partial charge in [-0.3, -0.25) is 4.98 Å². The first-order valence-corrected chi connectivity index (χ1v) is 10.7. The van der Waals surface area contributed by atoms with Gasteiger partial charge in [-0.2, -0.15) is 0 Å². The molecule has 6 heteroatoms. The molecule has 3 aromatic rings. The van der Waals surface area contributed by atoms with Gasteiger partial charge in [0.15, 0.2) is 0 Å². The van der Waals surface area contributed by atoms with Gasteiger partial charge in [0.1, 0.15) is 4.38 Å². The van der Waals surface area contributed by atoms with Gasteiger partial charge < -0.3 is 0 Å². The second-order valence-electron chi connectivity index (χ2n) is 5.38. The summed E-state index contributed by atoms with van der Waals surface area (Å²) in [5.41, 5.74) is 3.15. The number of pyridine rings is 1. The van der Waals surface area contributed by atoms with E-state index in [0.717, 1.165) is 37.2 Å². The molecule has 0 aliphatic rings. The minimum atomic E-state index is 0.746. The summed E-state index contributed by atoms with van der Waals surface area (Å²) in [6.07, 6.45) is 3.51. The minimum Gasteiger partial charge on any atom is -0.262 e. The zero-order valence-electron chi connectivity index (χ0n) is 13.8. The van der Waals surface area contributed by atoms with Crippen LogP contribution in [0.15, 0.2) is 78.0 Å². The van der Waals surface area contributed by atoms with Crippen molar-refractivity contribution in [1.82, 2.24) is 4.98 Å². The van der Waals surface area contributed by atoms with E-state index < -0.39 is 0 Å². The highest BCUT2D eigenvalue weighted by molar-refractivity contribution is 8.38. The Morgan fingerprint density at radius 3 is 2.38 bits per heavy atom. The highest BCUT2D eigenvalue weighted by Crippen LogP contribution is 2.29. The molecule has 2 aromatic carbocycles. The third-order valence-corrected chi connectivity index (χ3v) is 6.39. The zero-order valence-corrected chi connectivity index (χ0v) is 17.0. The number of halogens is 2. The smallest absolute Gasteiger partial charge is 0.131 e. The molecule has 0 unspecified atom stereocenters. The van der Waals surface area contributed by atoms with Crippen molar-refractivity contribution in [2.45, 2.75) is 11.5 Å². The van der Waals surface area contributed by atoms with E-state index in [1.165, 1.54) is 5.56 Å². The standard InChI is InChI=1S/C20H16Cl2N2S2/c21-17-9-7-15(8-10-17)13-25-20(24-18-5-3-11-23-12-18)26-14-16-4-1-2-6-19(16)22/h1-12H,13-14H2. The largest absolute Gasteiger partial charge is 0.262 e. The Bertz CT molecular complexity index is 868. The fraction of sp³-hybridized carbons (Fsp3) is 0.100. The van der Waals surface area contributed by atoms with E-state index in [0.29, 0.717) is 0 Å². The van der Waals surface area contributed by atoms with Crippen molar-refractivity contribution < 1.29 is 0 Å². The van der Waals surface area contributed by atoms with Gasteiger partial charge in [-0.25, -0.2) is 4.99 Å². The van der Waals surface area contributed by atoms with Crippen LogP contribution in [-0.4, -0.2) is 9.36 Å². The van der Waals surface area contributed by atoms with Crippen LogP contribution in [0.25, 0.3) is 0 Å². The number of rotatable bonds is 5. The highest BCUT2D eigenvalue weighted by atomic mass is 35.5. The SMILES string of the molecule is Clc1ccc(CSC(=Nc2cccnc2)SCc2ccccc2Cl)cc1. The van der Waals surface area contributed by atoms with E-state index in [-0.39, 0.29) is 0 Å². The molecule has 132 valence electrons. The molecule has 0 spiro atoms. The average Bonchev–Trinajstić information content (AvgIpc) is 2.67. The molecule has 0 radical (unpaired) electrons. The van der Waals surface area contributed by atoms with Gasteiger partial charge in [0, 0.05) is 27.7 Å². The first-order chi connectivity index (χ1) is 12.7. The first kappa shape index (κ1) is 19.3. The minimum absolute atomic E-state index is 0.746. The van der Waals surface area contributed by atoms with E-state index >= 15 is 0 Å². The molecule has 1 aromatic heterocycles. The Balaban J connectivity index is 1.72. The summed E-state index contributed by atoms with van der Waals surface area (Å²) in [7, 11) is 0. The van der Waals surface area contributed by atoms with Gasteiger partial charge in [0.25, 0.3) is 0 Å². The summed E-state index contributed by atoms with van der Waals surface area (Å²) in [5, 5.41) is 1.53. The molecule has 0 saturated heterocycles. The molecular formula is C20H16Cl2N2S2. The Morgan fingerprint density at radius 2 is 1.65 bits per heavy atom. The fourth-order valence-corrected chi connectivity index (χ4v) is 4.56. The Labute approximate surface area is 172 Å². The van der Waals surface area contributed by atoms with Crippen LogP contribution in [0.3, 0.4) is 0 Å². The van der Waals surface area contributed by atoms with Gasteiger partial charge in [0.2, 0.25) is 0 Å². The van der Waals surface area contributed by atoms with Crippen LogP contribution < -0.4 is 0 Å². The number of hydrogen-bond donors (Lipinski definition) is 0. The van der Waals surface area contributed by atoms with Crippen LogP contribution in [0, 0.1) is 0 Å². The first-order valence-electron chi connectivity index (χ1n) is 7.93. The third kappa shape index (κ3) is 6.06. The monoisotopic (exact) mass is 418 g/mol. The van der Waals surface area contributed by atoms with E-state index in [2.05, 4.69) is 4.98 Å². The number of nitrogens with zero attached hydrogens (tertiary/aromatic N) is 2. The molecule has 0 fully saturated rings.